The second-order valence-electron chi connectivity index (χ2n) is 4.49. The number of Topliss-reactive ketones (excluding diaryl/α,β-unsaturated/α-hetero) is 1. The van der Waals surface area contributed by atoms with Crippen molar-refractivity contribution in [1.82, 2.24) is 0 Å². The van der Waals surface area contributed by atoms with Crippen molar-refractivity contribution in [3.8, 4) is 0 Å². The molecule has 0 rings (SSSR count). The molecule has 0 fully saturated rings. The van der Waals surface area contributed by atoms with Crippen LogP contribution in [0.4, 0.5) is 0 Å². The molecule has 0 radical (unpaired) electrons. The monoisotopic (exact) mass is 186 g/mol. The summed E-state index contributed by atoms with van der Waals surface area (Å²) in [5.74, 6) is 0.289. The Labute approximate surface area is 81.7 Å². The molecule has 0 aromatic carbocycles. The highest BCUT2D eigenvalue weighted by Crippen LogP contribution is 2.27. The van der Waals surface area contributed by atoms with Crippen LogP contribution in [0, 0.1) is 5.41 Å². The highest BCUT2D eigenvalue weighted by atomic mass is 16.5. The maximum absolute atomic E-state index is 10.9. The summed E-state index contributed by atoms with van der Waals surface area (Å²) in [6.07, 6.45) is 4.04. The number of ether oxygens (including phenoxy) is 1. The summed E-state index contributed by atoms with van der Waals surface area (Å²) in [5, 5.41) is 0. The van der Waals surface area contributed by atoms with E-state index in [1.54, 1.807) is 14.0 Å². The Balaban J connectivity index is 3.56. The first kappa shape index (κ1) is 12.6. The van der Waals surface area contributed by atoms with Crippen molar-refractivity contribution in [2.75, 3.05) is 13.7 Å². The van der Waals surface area contributed by atoms with Gasteiger partial charge in [0, 0.05) is 20.1 Å². The van der Waals surface area contributed by atoms with Crippen LogP contribution >= 0.6 is 0 Å². The molecule has 78 valence electrons. The molecule has 0 heterocycles. The van der Waals surface area contributed by atoms with Gasteiger partial charge in [0.2, 0.25) is 0 Å². The first-order valence-corrected chi connectivity index (χ1v) is 4.96. The van der Waals surface area contributed by atoms with Crippen LogP contribution in [0.15, 0.2) is 0 Å². The minimum atomic E-state index is 0.166. The lowest BCUT2D eigenvalue weighted by molar-refractivity contribution is -0.118. The number of rotatable bonds is 7. The van der Waals surface area contributed by atoms with Crippen LogP contribution in [0.2, 0.25) is 0 Å². The molecule has 0 N–H and O–H groups in total. The van der Waals surface area contributed by atoms with Gasteiger partial charge in [0.1, 0.15) is 5.78 Å². The van der Waals surface area contributed by atoms with Crippen molar-refractivity contribution in [2.45, 2.75) is 46.5 Å². The van der Waals surface area contributed by atoms with Gasteiger partial charge in [0.05, 0.1) is 0 Å². The summed E-state index contributed by atoms with van der Waals surface area (Å²) in [7, 11) is 1.72. The topological polar surface area (TPSA) is 26.3 Å². The standard InChI is InChI=1S/C11H22O2/c1-10(12)9-11(2,3)7-5-6-8-13-4/h5-9H2,1-4H3. The Hall–Kier alpha value is -0.370. The normalized spacial score (nSPS) is 11.7. The third kappa shape index (κ3) is 7.97. The van der Waals surface area contributed by atoms with Gasteiger partial charge in [-0.15, -0.1) is 0 Å². The fourth-order valence-electron chi connectivity index (χ4n) is 1.61. The number of hydrogen-bond donors (Lipinski definition) is 0. The van der Waals surface area contributed by atoms with E-state index in [1.165, 1.54) is 0 Å². The summed E-state index contributed by atoms with van der Waals surface area (Å²) in [6, 6.07) is 0. The number of methoxy groups -OCH3 is 1. The van der Waals surface area contributed by atoms with E-state index in [9.17, 15) is 4.79 Å². The van der Waals surface area contributed by atoms with Gasteiger partial charge in [-0.05, 0) is 25.2 Å². The van der Waals surface area contributed by atoms with Gasteiger partial charge in [0.25, 0.3) is 0 Å². The van der Waals surface area contributed by atoms with Crippen LogP contribution in [-0.2, 0) is 9.53 Å². The molecule has 0 unspecified atom stereocenters. The fourth-order valence-corrected chi connectivity index (χ4v) is 1.61. The molecule has 2 nitrogen and oxygen atoms in total. The first-order valence-electron chi connectivity index (χ1n) is 4.96. The van der Waals surface area contributed by atoms with Crippen molar-refractivity contribution >= 4 is 5.78 Å². The van der Waals surface area contributed by atoms with Crippen molar-refractivity contribution in [2.24, 2.45) is 5.41 Å². The molecule has 0 amide bonds. The van der Waals surface area contributed by atoms with Gasteiger partial charge >= 0.3 is 0 Å². The smallest absolute Gasteiger partial charge is 0.130 e. The van der Waals surface area contributed by atoms with Crippen LogP contribution in [0.25, 0.3) is 0 Å². The number of hydrogen-bond acceptors (Lipinski definition) is 2. The fraction of sp³-hybridized carbons (Fsp3) is 0.909. The molecule has 0 aliphatic heterocycles. The summed E-state index contributed by atoms with van der Waals surface area (Å²) in [4.78, 5) is 10.9. The van der Waals surface area contributed by atoms with Crippen LogP contribution in [-0.4, -0.2) is 19.5 Å². The lowest BCUT2D eigenvalue weighted by Crippen LogP contribution is -2.15. The minimum Gasteiger partial charge on any atom is -0.385 e. The van der Waals surface area contributed by atoms with Crippen molar-refractivity contribution < 1.29 is 9.53 Å². The van der Waals surface area contributed by atoms with E-state index < -0.39 is 0 Å². The predicted molar refractivity (Wildman–Crippen MR) is 54.8 cm³/mol. The zero-order chi connectivity index (χ0) is 10.3. The Morgan fingerprint density at radius 2 is 1.92 bits per heavy atom. The van der Waals surface area contributed by atoms with E-state index in [2.05, 4.69) is 13.8 Å². The minimum absolute atomic E-state index is 0.166. The molecular formula is C11H22O2. The molecule has 0 saturated carbocycles. The maximum atomic E-state index is 10.9. The van der Waals surface area contributed by atoms with Gasteiger partial charge in [0.15, 0.2) is 0 Å². The van der Waals surface area contributed by atoms with Crippen LogP contribution in [0.5, 0.6) is 0 Å². The average Bonchev–Trinajstić information content (AvgIpc) is 1.95. The van der Waals surface area contributed by atoms with Crippen molar-refractivity contribution in [3.63, 3.8) is 0 Å². The second-order valence-corrected chi connectivity index (χ2v) is 4.49. The van der Waals surface area contributed by atoms with E-state index in [-0.39, 0.29) is 11.2 Å². The highest BCUT2D eigenvalue weighted by molar-refractivity contribution is 5.76. The Bertz CT molecular complexity index is 150. The molecule has 2 heteroatoms. The number of unbranched alkanes of at least 4 members (excludes halogenated alkanes) is 1. The quantitative estimate of drug-likeness (QED) is 0.571. The summed E-state index contributed by atoms with van der Waals surface area (Å²) in [6.45, 7) is 6.80. The molecule has 13 heavy (non-hydrogen) atoms. The molecular weight excluding hydrogens is 164 g/mol. The molecule has 0 aliphatic carbocycles. The first-order chi connectivity index (χ1) is 5.98. The van der Waals surface area contributed by atoms with Gasteiger partial charge in [-0.25, -0.2) is 0 Å². The summed E-state index contributed by atoms with van der Waals surface area (Å²) in [5.41, 5.74) is 0.166. The SMILES string of the molecule is COCCCCC(C)(C)CC(C)=O. The van der Waals surface area contributed by atoms with Crippen molar-refractivity contribution in [1.29, 1.82) is 0 Å². The van der Waals surface area contributed by atoms with E-state index >= 15 is 0 Å². The van der Waals surface area contributed by atoms with Gasteiger partial charge in [-0.3, -0.25) is 0 Å². The molecule has 0 atom stereocenters. The molecule has 0 spiro atoms. The van der Waals surface area contributed by atoms with Crippen LogP contribution in [0.1, 0.15) is 46.5 Å². The highest BCUT2D eigenvalue weighted by Gasteiger charge is 2.18. The number of ketones is 1. The molecule has 0 saturated heterocycles. The lowest BCUT2D eigenvalue weighted by atomic mass is 9.82. The van der Waals surface area contributed by atoms with Crippen LogP contribution < -0.4 is 0 Å². The molecule has 0 bridgehead atoms. The Kier molecular flexibility index (Phi) is 5.97. The van der Waals surface area contributed by atoms with Gasteiger partial charge in [-0.1, -0.05) is 20.3 Å². The zero-order valence-corrected chi connectivity index (χ0v) is 9.35. The Morgan fingerprint density at radius 1 is 1.31 bits per heavy atom. The van der Waals surface area contributed by atoms with Crippen LogP contribution in [0.3, 0.4) is 0 Å². The number of carbonyl (C=O) groups is 1. The molecule has 0 aliphatic rings. The Morgan fingerprint density at radius 3 is 2.38 bits per heavy atom. The van der Waals surface area contributed by atoms with Gasteiger partial charge in [-0.2, -0.15) is 0 Å². The third-order valence-corrected chi connectivity index (χ3v) is 2.18. The summed E-state index contributed by atoms with van der Waals surface area (Å²) < 4.78 is 4.97. The largest absolute Gasteiger partial charge is 0.385 e. The third-order valence-electron chi connectivity index (χ3n) is 2.18. The maximum Gasteiger partial charge on any atom is 0.130 e. The van der Waals surface area contributed by atoms with E-state index in [0.29, 0.717) is 6.42 Å². The molecule has 0 aromatic heterocycles. The summed E-state index contributed by atoms with van der Waals surface area (Å²) >= 11 is 0. The molecule has 0 aromatic rings. The predicted octanol–water partition coefficient (Wildman–Crippen LogP) is 2.81. The van der Waals surface area contributed by atoms with E-state index in [1.807, 2.05) is 0 Å². The van der Waals surface area contributed by atoms with E-state index in [4.69, 9.17) is 4.74 Å². The lowest BCUT2D eigenvalue weighted by Gasteiger charge is -2.22. The number of carbonyl (C=O) groups excluding carboxylic acids is 1. The van der Waals surface area contributed by atoms with Gasteiger partial charge < -0.3 is 9.53 Å². The average molecular weight is 186 g/mol. The zero-order valence-electron chi connectivity index (χ0n) is 9.35. The second kappa shape index (κ2) is 6.14. The van der Waals surface area contributed by atoms with Crippen molar-refractivity contribution in [3.05, 3.63) is 0 Å². The van der Waals surface area contributed by atoms with E-state index in [0.717, 1.165) is 25.9 Å².